The number of hydrogen-bond donors (Lipinski definition) is 2. The number of carbonyl (C=O) groups is 1. The van der Waals surface area contributed by atoms with Crippen LogP contribution in [0.25, 0.3) is 0 Å². The summed E-state index contributed by atoms with van der Waals surface area (Å²) < 4.78 is 0. The molecule has 0 spiro atoms. The van der Waals surface area contributed by atoms with E-state index in [0.717, 1.165) is 21.2 Å². The van der Waals surface area contributed by atoms with Crippen LogP contribution in [0.1, 0.15) is 15.2 Å². The summed E-state index contributed by atoms with van der Waals surface area (Å²) in [7, 11) is 0. The fourth-order valence-electron chi connectivity index (χ4n) is 1.41. The summed E-state index contributed by atoms with van der Waals surface area (Å²) in [4.78, 5) is 13.3. The molecule has 1 aromatic heterocycles. The minimum Gasteiger partial charge on any atom is -0.289 e. The molecule has 2 rings (SSSR count). The predicted octanol–water partition coefficient (Wildman–Crippen LogP) is 3.30. The minimum atomic E-state index is -0.239. The summed E-state index contributed by atoms with van der Waals surface area (Å²) in [5.41, 5.74) is 3.15. The summed E-state index contributed by atoms with van der Waals surface area (Å²) in [6, 6.07) is 9.57. The lowest BCUT2D eigenvalue weighted by Crippen LogP contribution is -2.29. The Bertz CT molecular complexity index is 539. The van der Waals surface area contributed by atoms with Gasteiger partial charge in [-0.25, -0.2) is 5.84 Å². The van der Waals surface area contributed by atoms with Gasteiger partial charge in [0, 0.05) is 15.7 Å². The van der Waals surface area contributed by atoms with Crippen molar-refractivity contribution in [1.82, 2.24) is 5.43 Å². The van der Waals surface area contributed by atoms with Crippen LogP contribution in [0, 0.1) is 0 Å². The Hall–Kier alpha value is -1.01. The normalized spacial score (nSPS) is 10.3. The third-order valence-corrected chi connectivity index (χ3v) is 4.56. The molecule has 1 amide bonds. The summed E-state index contributed by atoms with van der Waals surface area (Å²) in [6.07, 6.45) is 0. The maximum Gasteiger partial charge on any atom is 0.275 e. The third kappa shape index (κ3) is 3.26. The average molecular weight is 299 g/mol. The molecule has 18 heavy (non-hydrogen) atoms. The molecule has 3 N–H and O–H groups in total. The van der Waals surface area contributed by atoms with E-state index in [-0.39, 0.29) is 5.91 Å². The molecule has 2 aromatic rings. The van der Waals surface area contributed by atoms with Crippen molar-refractivity contribution in [2.45, 2.75) is 10.6 Å². The minimum absolute atomic E-state index is 0.239. The molecule has 0 unspecified atom stereocenters. The first-order chi connectivity index (χ1) is 8.70. The standard InChI is InChI=1S/C12H11ClN2OS2/c13-9-1-3-10(4-2-9)18-7-8-5-6-17-11(8)12(16)15-14/h1-6H,7,14H2,(H,15,16). The van der Waals surface area contributed by atoms with Crippen LogP contribution in [0.3, 0.4) is 0 Å². The zero-order chi connectivity index (χ0) is 13.0. The lowest BCUT2D eigenvalue weighted by atomic mass is 10.3. The van der Waals surface area contributed by atoms with Crippen molar-refractivity contribution in [3.8, 4) is 0 Å². The highest BCUT2D eigenvalue weighted by molar-refractivity contribution is 7.98. The van der Waals surface area contributed by atoms with Crippen LogP contribution in [0.15, 0.2) is 40.6 Å². The van der Waals surface area contributed by atoms with Gasteiger partial charge < -0.3 is 0 Å². The fourth-order valence-corrected chi connectivity index (χ4v) is 3.34. The molecule has 0 atom stereocenters. The molecular weight excluding hydrogens is 288 g/mol. The molecule has 0 radical (unpaired) electrons. The molecule has 94 valence electrons. The first kappa shape index (κ1) is 13.4. The Morgan fingerprint density at radius 2 is 2.06 bits per heavy atom. The highest BCUT2D eigenvalue weighted by Crippen LogP contribution is 2.27. The largest absolute Gasteiger partial charge is 0.289 e. The second kappa shape index (κ2) is 6.24. The molecular formula is C12H11ClN2OS2. The molecule has 3 nitrogen and oxygen atoms in total. The summed E-state index contributed by atoms with van der Waals surface area (Å²) in [6.45, 7) is 0. The van der Waals surface area contributed by atoms with Crippen LogP contribution in [0.2, 0.25) is 5.02 Å². The number of benzene rings is 1. The monoisotopic (exact) mass is 298 g/mol. The van der Waals surface area contributed by atoms with E-state index in [1.54, 1.807) is 11.8 Å². The number of hydrogen-bond acceptors (Lipinski definition) is 4. The van der Waals surface area contributed by atoms with Gasteiger partial charge in [-0.15, -0.1) is 23.1 Å². The molecule has 0 saturated heterocycles. The average Bonchev–Trinajstić information content (AvgIpc) is 2.85. The number of halogens is 1. The number of amides is 1. The molecule has 0 aliphatic heterocycles. The Balaban J connectivity index is 2.04. The maximum atomic E-state index is 11.5. The Kier molecular flexibility index (Phi) is 4.66. The van der Waals surface area contributed by atoms with Gasteiger partial charge in [0.2, 0.25) is 0 Å². The zero-order valence-electron chi connectivity index (χ0n) is 9.35. The highest BCUT2D eigenvalue weighted by Gasteiger charge is 2.11. The van der Waals surface area contributed by atoms with E-state index in [2.05, 4.69) is 5.43 Å². The number of nitrogen functional groups attached to an aromatic ring is 1. The maximum absolute atomic E-state index is 11.5. The highest BCUT2D eigenvalue weighted by atomic mass is 35.5. The number of carbonyl (C=O) groups excluding carboxylic acids is 1. The number of rotatable bonds is 4. The van der Waals surface area contributed by atoms with Gasteiger partial charge in [0.05, 0.1) is 4.88 Å². The molecule has 0 saturated carbocycles. The van der Waals surface area contributed by atoms with Gasteiger partial charge in [0.15, 0.2) is 0 Å². The van der Waals surface area contributed by atoms with Crippen LogP contribution in [-0.2, 0) is 5.75 Å². The van der Waals surface area contributed by atoms with Gasteiger partial charge in [-0.1, -0.05) is 11.6 Å². The predicted molar refractivity (Wildman–Crippen MR) is 77.0 cm³/mol. The van der Waals surface area contributed by atoms with Gasteiger partial charge in [-0.05, 0) is 41.3 Å². The van der Waals surface area contributed by atoms with E-state index in [4.69, 9.17) is 17.4 Å². The second-order valence-electron chi connectivity index (χ2n) is 3.49. The third-order valence-electron chi connectivity index (χ3n) is 2.29. The van der Waals surface area contributed by atoms with Gasteiger partial charge in [0.25, 0.3) is 5.91 Å². The van der Waals surface area contributed by atoms with Crippen LogP contribution >= 0.6 is 34.7 Å². The van der Waals surface area contributed by atoms with E-state index < -0.39 is 0 Å². The number of nitrogens with one attached hydrogen (secondary N) is 1. The van der Waals surface area contributed by atoms with Gasteiger partial charge in [0.1, 0.15) is 0 Å². The Morgan fingerprint density at radius 1 is 1.33 bits per heavy atom. The van der Waals surface area contributed by atoms with E-state index in [0.29, 0.717) is 4.88 Å². The Labute approximate surface area is 118 Å². The number of thioether (sulfide) groups is 1. The molecule has 0 aliphatic rings. The lowest BCUT2D eigenvalue weighted by molar-refractivity contribution is 0.0957. The summed E-state index contributed by atoms with van der Waals surface area (Å²) >= 11 is 8.87. The van der Waals surface area contributed by atoms with Crippen molar-refractivity contribution in [2.24, 2.45) is 5.84 Å². The Morgan fingerprint density at radius 3 is 2.72 bits per heavy atom. The van der Waals surface area contributed by atoms with Gasteiger partial charge >= 0.3 is 0 Å². The van der Waals surface area contributed by atoms with Gasteiger partial charge in [-0.2, -0.15) is 0 Å². The smallest absolute Gasteiger partial charge is 0.275 e. The molecule has 0 fully saturated rings. The fraction of sp³-hybridized carbons (Fsp3) is 0.0833. The van der Waals surface area contributed by atoms with Gasteiger partial charge in [-0.3, -0.25) is 10.2 Å². The quantitative estimate of drug-likeness (QED) is 0.394. The molecule has 0 bridgehead atoms. The topological polar surface area (TPSA) is 55.1 Å². The number of hydrazine groups is 1. The number of thiophene rings is 1. The van der Waals surface area contributed by atoms with Crippen molar-refractivity contribution in [2.75, 3.05) is 0 Å². The van der Waals surface area contributed by atoms with E-state index in [1.165, 1.54) is 11.3 Å². The molecule has 0 aliphatic carbocycles. The molecule has 6 heteroatoms. The van der Waals surface area contributed by atoms with Crippen molar-refractivity contribution in [3.63, 3.8) is 0 Å². The van der Waals surface area contributed by atoms with E-state index in [1.807, 2.05) is 35.7 Å². The molecule has 1 aromatic carbocycles. The van der Waals surface area contributed by atoms with Crippen molar-refractivity contribution < 1.29 is 4.79 Å². The van der Waals surface area contributed by atoms with Crippen LogP contribution in [0.5, 0.6) is 0 Å². The van der Waals surface area contributed by atoms with Crippen molar-refractivity contribution in [3.05, 3.63) is 51.2 Å². The summed E-state index contributed by atoms with van der Waals surface area (Å²) in [5.74, 6) is 5.63. The number of nitrogens with two attached hydrogens (primary N) is 1. The second-order valence-corrected chi connectivity index (χ2v) is 5.89. The molecule has 1 heterocycles. The van der Waals surface area contributed by atoms with Crippen molar-refractivity contribution in [1.29, 1.82) is 0 Å². The van der Waals surface area contributed by atoms with E-state index >= 15 is 0 Å². The van der Waals surface area contributed by atoms with E-state index in [9.17, 15) is 4.79 Å². The van der Waals surface area contributed by atoms with Crippen molar-refractivity contribution >= 4 is 40.6 Å². The zero-order valence-corrected chi connectivity index (χ0v) is 11.7. The van der Waals surface area contributed by atoms with Crippen LogP contribution < -0.4 is 11.3 Å². The SMILES string of the molecule is NNC(=O)c1sccc1CSc1ccc(Cl)cc1. The first-order valence-electron chi connectivity index (χ1n) is 5.16. The first-order valence-corrected chi connectivity index (χ1v) is 7.40. The van der Waals surface area contributed by atoms with Crippen LogP contribution in [0.4, 0.5) is 0 Å². The lowest BCUT2D eigenvalue weighted by Gasteiger charge is -2.03. The van der Waals surface area contributed by atoms with Crippen LogP contribution in [-0.4, -0.2) is 5.91 Å². The summed E-state index contributed by atoms with van der Waals surface area (Å²) in [5, 5.41) is 2.61.